The average Bonchev–Trinajstić information content (AvgIpc) is 1.89. The summed E-state index contributed by atoms with van der Waals surface area (Å²) in [4.78, 5) is 0. The standard InChI is InChI=1S/C8H14O/c1-3-5-6-8-9-7-4-2/h4,6-8H2,1-2H3. The monoisotopic (exact) mass is 126 g/mol. The van der Waals surface area contributed by atoms with Crippen molar-refractivity contribution in [2.24, 2.45) is 0 Å². The van der Waals surface area contributed by atoms with Gasteiger partial charge in [-0.05, 0) is 13.3 Å². The fourth-order valence-electron chi connectivity index (χ4n) is 0.495. The molecule has 0 atom stereocenters. The van der Waals surface area contributed by atoms with E-state index < -0.39 is 0 Å². The highest BCUT2D eigenvalue weighted by Gasteiger charge is 1.80. The van der Waals surface area contributed by atoms with E-state index in [1.807, 2.05) is 6.92 Å². The molecule has 0 radical (unpaired) electrons. The van der Waals surface area contributed by atoms with Crippen molar-refractivity contribution in [3.63, 3.8) is 0 Å². The lowest BCUT2D eigenvalue weighted by atomic mass is 10.4. The van der Waals surface area contributed by atoms with Crippen LogP contribution in [0.2, 0.25) is 0 Å². The first-order valence-corrected chi connectivity index (χ1v) is 3.39. The molecule has 9 heavy (non-hydrogen) atoms. The molecule has 0 unspecified atom stereocenters. The number of hydrogen-bond acceptors (Lipinski definition) is 1. The van der Waals surface area contributed by atoms with Crippen LogP contribution in [0.15, 0.2) is 0 Å². The predicted octanol–water partition coefficient (Wildman–Crippen LogP) is 1.83. The van der Waals surface area contributed by atoms with E-state index in [2.05, 4.69) is 18.8 Å². The molecule has 0 aromatic heterocycles. The van der Waals surface area contributed by atoms with Crippen molar-refractivity contribution >= 4 is 0 Å². The fourth-order valence-corrected chi connectivity index (χ4v) is 0.495. The minimum atomic E-state index is 0.786. The Bertz CT molecular complexity index is 96.9. The Hall–Kier alpha value is -0.480. The summed E-state index contributed by atoms with van der Waals surface area (Å²) in [5.74, 6) is 5.75. The molecule has 1 nitrogen and oxygen atoms in total. The van der Waals surface area contributed by atoms with Crippen molar-refractivity contribution in [1.29, 1.82) is 0 Å². The van der Waals surface area contributed by atoms with Crippen molar-refractivity contribution in [3.8, 4) is 11.8 Å². The second-order valence-corrected chi connectivity index (χ2v) is 1.79. The van der Waals surface area contributed by atoms with Gasteiger partial charge in [0.1, 0.15) is 0 Å². The Labute approximate surface area is 57.4 Å². The number of ether oxygens (including phenoxy) is 1. The summed E-state index contributed by atoms with van der Waals surface area (Å²) in [7, 11) is 0. The molecule has 0 fully saturated rings. The summed E-state index contributed by atoms with van der Waals surface area (Å²) in [6.45, 7) is 5.60. The van der Waals surface area contributed by atoms with Gasteiger partial charge in [0.05, 0.1) is 6.61 Å². The second-order valence-electron chi connectivity index (χ2n) is 1.79. The summed E-state index contributed by atoms with van der Waals surface area (Å²) in [6, 6.07) is 0. The zero-order valence-corrected chi connectivity index (χ0v) is 6.24. The van der Waals surface area contributed by atoms with Crippen LogP contribution >= 0.6 is 0 Å². The van der Waals surface area contributed by atoms with Gasteiger partial charge >= 0.3 is 0 Å². The molecule has 0 aromatic rings. The van der Waals surface area contributed by atoms with Crippen LogP contribution in [0.4, 0.5) is 0 Å². The Kier molecular flexibility index (Phi) is 7.12. The van der Waals surface area contributed by atoms with Gasteiger partial charge in [0, 0.05) is 13.0 Å². The maximum absolute atomic E-state index is 5.18. The maximum Gasteiger partial charge on any atom is 0.0575 e. The van der Waals surface area contributed by atoms with E-state index in [0.717, 1.165) is 26.1 Å². The van der Waals surface area contributed by atoms with Gasteiger partial charge in [-0.2, -0.15) is 0 Å². The molecule has 0 N–H and O–H groups in total. The summed E-state index contributed by atoms with van der Waals surface area (Å²) in [5, 5.41) is 0. The largest absolute Gasteiger partial charge is 0.380 e. The van der Waals surface area contributed by atoms with Gasteiger partial charge in [-0.15, -0.1) is 11.8 Å². The maximum atomic E-state index is 5.18. The first-order valence-electron chi connectivity index (χ1n) is 3.39. The van der Waals surface area contributed by atoms with Crippen LogP contribution in [0.25, 0.3) is 0 Å². The molecule has 0 saturated heterocycles. The Morgan fingerprint density at radius 1 is 1.33 bits per heavy atom. The van der Waals surface area contributed by atoms with Gasteiger partial charge in [0.25, 0.3) is 0 Å². The Morgan fingerprint density at radius 2 is 2.11 bits per heavy atom. The van der Waals surface area contributed by atoms with Crippen molar-refractivity contribution < 1.29 is 4.74 Å². The minimum absolute atomic E-state index is 0.786. The normalized spacial score (nSPS) is 8.22. The van der Waals surface area contributed by atoms with Crippen molar-refractivity contribution in [2.75, 3.05) is 13.2 Å². The van der Waals surface area contributed by atoms with Gasteiger partial charge in [-0.25, -0.2) is 0 Å². The molecule has 0 spiro atoms. The van der Waals surface area contributed by atoms with Crippen molar-refractivity contribution in [1.82, 2.24) is 0 Å². The summed E-state index contributed by atoms with van der Waals surface area (Å²) in [6.07, 6.45) is 1.97. The molecule has 0 amide bonds. The van der Waals surface area contributed by atoms with E-state index in [-0.39, 0.29) is 0 Å². The number of rotatable bonds is 4. The van der Waals surface area contributed by atoms with Gasteiger partial charge in [-0.1, -0.05) is 6.92 Å². The third kappa shape index (κ3) is 7.52. The SMILES string of the molecule is CC#CCCOCCC. The molecular formula is C8H14O. The zero-order valence-electron chi connectivity index (χ0n) is 6.24. The molecule has 52 valence electrons. The van der Waals surface area contributed by atoms with E-state index >= 15 is 0 Å². The highest BCUT2D eigenvalue weighted by atomic mass is 16.5. The Morgan fingerprint density at radius 3 is 2.67 bits per heavy atom. The van der Waals surface area contributed by atoms with Crippen LogP contribution in [-0.2, 0) is 4.74 Å². The quantitative estimate of drug-likeness (QED) is 0.412. The van der Waals surface area contributed by atoms with Gasteiger partial charge < -0.3 is 4.74 Å². The lowest BCUT2D eigenvalue weighted by Gasteiger charge is -1.95. The lowest BCUT2D eigenvalue weighted by molar-refractivity contribution is 0.140. The molecule has 0 aliphatic carbocycles. The highest BCUT2D eigenvalue weighted by Crippen LogP contribution is 1.82. The second kappa shape index (κ2) is 7.52. The van der Waals surface area contributed by atoms with Gasteiger partial charge in [0.2, 0.25) is 0 Å². The number of hydrogen-bond donors (Lipinski definition) is 0. The van der Waals surface area contributed by atoms with E-state index in [4.69, 9.17) is 4.74 Å². The average molecular weight is 126 g/mol. The molecule has 0 rings (SSSR count). The smallest absolute Gasteiger partial charge is 0.0575 e. The zero-order chi connectivity index (χ0) is 6.95. The summed E-state index contributed by atoms with van der Waals surface area (Å²) < 4.78 is 5.18. The molecule has 0 saturated carbocycles. The van der Waals surface area contributed by atoms with Crippen LogP contribution in [0.1, 0.15) is 26.7 Å². The topological polar surface area (TPSA) is 9.23 Å². The molecule has 0 bridgehead atoms. The summed E-state index contributed by atoms with van der Waals surface area (Å²) in [5.41, 5.74) is 0. The van der Waals surface area contributed by atoms with Crippen LogP contribution in [-0.4, -0.2) is 13.2 Å². The Balaban J connectivity index is 2.80. The van der Waals surface area contributed by atoms with Crippen LogP contribution in [0.3, 0.4) is 0 Å². The lowest BCUT2D eigenvalue weighted by Crippen LogP contribution is -1.93. The van der Waals surface area contributed by atoms with Gasteiger partial charge in [-0.3, -0.25) is 0 Å². The van der Waals surface area contributed by atoms with Crippen LogP contribution in [0, 0.1) is 11.8 Å². The third-order valence-electron chi connectivity index (χ3n) is 0.897. The predicted molar refractivity (Wildman–Crippen MR) is 39.2 cm³/mol. The molecule has 0 aliphatic heterocycles. The molecule has 1 heteroatoms. The fraction of sp³-hybridized carbons (Fsp3) is 0.750. The highest BCUT2D eigenvalue weighted by molar-refractivity contribution is 4.94. The van der Waals surface area contributed by atoms with Gasteiger partial charge in [0.15, 0.2) is 0 Å². The van der Waals surface area contributed by atoms with E-state index in [1.165, 1.54) is 0 Å². The molecule has 0 aliphatic rings. The van der Waals surface area contributed by atoms with E-state index in [1.54, 1.807) is 0 Å². The van der Waals surface area contributed by atoms with Crippen LogP contribution < -0.4 is 0 Å². The minimum Gasteiger partial charge on any atom is -0.380 e. The molecule has 0 aromatic carbocycles. The first kappa shape index (κ1) is 8.52. The third-order valence-corrected chi connectivity index (χ3v) is 0.897. The van der Waals surface area contributed by atoms with Crippen molar-refractivity contribution in [3.05, 3.63) is 0 Å². The van der Waals surface area contributed by atoms with E-state index in [9.17, 15) is 0 Å². The van der Waals surface area contributed by atoms with Crippen LogP contribution in [0.5, 0.6) is 0 Å². The molecular weight excluding hydrogens is 112 g/mol. The first-order chi connectivity index (χ1) is 4.41. The van der Waals surface area contributed by atoms with E-state index in [0.29, 0.717) is 0 Å². The van der Waals surface area contributed by atoms with Crippen molar-refractivity contribution in [2.45, 2.75) is 26.7 Å². The summed E-state index contributed by atoms with van der Waals surface area (Å²) >= 11 is 0. The molecule has 0 heterocycles.